The number of carbonyl (C=O) groups excluding carboxylic acids is 1. The monoisotopic (exact) mass is 276 g/mol. The number of rotatable bonds is 5. The van der Waals surface area contributed by atoms with Gasteiger partial charge in [0.25, 0.3) is 5.91 Å². The highest BCUT2D eigenvalue weighted by molar-refractivity contribution is 5.98. The van der Waals surface area contributed by atoms with Gasteiger partial charge in [-0.2, -0.15) is 0 Å². The van der Waals surface area contributed by atoms with Gasteiger partial charge in [0.05, 0.1) is 6.33 Å². The lowest BCUT2D eigenvalue weighted by atomic mass is 10.1. The zero-order chi connectivity index (χ0) is 14.1. The Morgan fingerprint density at radius 2 is 2.30 bits per heavy atom. The summed E-state index contributed by atoms with van der Waals surface area (Å²) < 4.78 is 17.9. The van der Waals surface area contributed by atoms with E-state index in [-0.39, 0.29) is 19.1 Å². The summed E-state index contributed by atoms with van der Waals surface area (Å²) in [7, 11) is 0. The zero-order valence-corrected chi connectivity index (χ0v) is 11.1. The van der Waals surface area contributed by atoms with Crippen molar-refractivity contribution in [3.05, 3.63) is 41.2 Å². The van der Waals surface area contributed by atoms with Crippen molar-refractivity contribution in [1.82, 2.24) is 4.90 Å². The van der Waals surface area contributed by atoms with E-state index in [1.165, 1.54) is 0 Å². The largest absolute Gasteiger partial charge is 0.489 e. The summed E-state index contributed by atoms with van der Waals surface area (Å²) in [6.07, 6.45) is 2.68. The van der Waals surface area contributed by atoms with Gasteiger partial charge in [-0.05, 0) is 36.6 Å². The van der Waals surface area contributed by atoms with Gasteiger partial charge in [-0.15, -0.1) is 0 Å². The minimum absolute atomic E-state index is 0.111. The van der Waals surface area contributed by atoms with Gasteiger partial charge >= 0.3 is 0 Å². The molecule has 0 atom stereocenters. The molecule has 5 heteroatoms. The first-order valence-corrected chi connectivity index (χ1v) is 6.78. The molecule has 20 heavy (non-hydrogen) atoms. The summed E-state index contributed by atoms with van der Waals surface area (Å²) >= 11 is 0. The SMILES string of the molecule is NCC(=CF)COc1ccc2c(c1)CN(C1CC1)C2=O. The number of amides is 1. The van der Waals surface area contributed by atoms with Crippen LogP contribution in [-0.2, 0) is 6.54 Å². The van der Waals surface area contributed by atoms with Gasteiger partial charge < -0.3 is 15.4 Å². The molecule has 1 fully saturated rings. The molecule has 0 spiro atoms. The van der Waals surface area contributed by atoms with Crippen molar-refractivity contribution in [3.63, 3.8) is 0 Å². The summed E-state index contributed by atoms with van der Waals surface area (Å²) in [5.74, 6) is 0.752. The fourth-order valence-corrected chi connectivity index (χ4v) is 2.40. The molecule has 1 aromatic rings. The number of halogens is 1. The first-order valence-electron chi connectivity index (χ1n) is 6.78. The predicted octanol–water partition coefficient (Wildman–Crippen LogP) is 2.00. The van der Waals surface area contributed by atoms with Gasteiger partial charge in [0, 0.05) is 30.3 Å². The second kappa shape index (κ2) is 5.25. The first-order chi connectivity index (χ1) is 9.72. The molecule has 2 N–H and O–H groups in total. The average molecular weight is 276 g/mol. The number of carbonyl (C=O) groups is 1. The number of nitrogens with two attached hydrogens (primary N) is 1. The van der Waals surface area contributed by atoms with Crippen LogP contribution < -0.4 is 10.5 Å². The lowest BCUT2D eigenvalue weighted by Crippen LogP contribution is -2.25. The van der Waals surface area contributed by atoms with Crippen LogP contribution in [0.4, 0.5) is 4.39 Å². The number of benzene rings is 1. The van der Waals surface area contributed by atoms with E-state index in [0.717, 1.165) is 24.0 Å². The maximum absolute atomic E-state index is 12.4. The van der Waals surface area contributed by atoms with Crippen molar-refractivity contribution >= 4 is 5.91 Å². The van der Waals surface area contributed by atoms with E-state index in [2.05, 4.69) is 0 Å². The lowest BCUT2D eigenvalue weighted by molar-refractivity contribution is 0.0766. The second-order valence-electron chi connectivity index (χ2n) is 5.24. The van der Waals surface area contributed by atoms with Gasteiger partial charge in [0.15, 0.2) is 0 Å². The van der Waals surface area contributed by atoms with Crippen LogP contribution >= 0.6 is 0 Å². The van der Waals surface area contributed by atoms with Gasteiger partial charge in [-0.25, -0.2) is 4.39 Å². The van der Waals surface area contributed by atoms with Crippen LogP contribution in [-0.4, -0.2) is 30.0 Å². The molecule has 0 aromatic heterocycles. The predicted molar refractivity (Wildman–Crippen MR) is 73.1 cm³/mol. The highest BCUT2D eigenvalue weighted by atomic mass is 19.1. The molecule has 0 bridgehead atoms. The van der Waals surface area contributed by atoms with Crippen LogP contribution in [0.15, 0.2) is 30.1 Å². The molecule has 0 radical (unpaired) electrons. The van der Waals surface area contributed by atoms with Gasteiger partial charge in [0.1, 0.15) is 12.4 Å². The maximum Gasteiger partial charge on any atom is 0.254 e. The zero-order valence-electron chi connectivity index (χ0n) is 11.1. The van der Waals surface area contributed by atoms with E-state index >= 15 is 0 Å². The molecule has 4 nitrogen and oxygen atoms in total. The summed E-state index contributed by atoms with van der Waals surface area (Å²) in [6.45, 7) is 0.917. The molecule has 1 saturated carbocycles. The van der Waals surface area contributed by atoms with Crippen molar-refractivity contribution in [2.24, 2.45) is 5.73 Å². The van der Waals surface area contributed by atoms with Crippen LogP contribution in [0.5, 0.6) is 5.75 Å². The van der Waals surface area contributed by atoms with E-state index in [1.54, 1.807) is 12.1 Å². The second-order valence-corrected chi connectivity index (χ2v) is 5.24. The molecule has 1 heterocycles. The standard InChI is InChI=1S/C15H17FN2O2/c16-6-10(7-17)9-20-13-3-4-14-11(5-13)8-18(15(14)19)12-1-2-12/h3-6,12H,1-2,7-9,17H2. The van der Waals surface area contributed by atoms with Crippen molar-refractivity contribution in [1.29, 1.82) is 0 Å². The minimum atomic E-state index is 0.111. The molecule has 106 valence electrons. The van der Waals surface area contributed by atoms with Crippen molar-refractivity contribution < 1.29 is 13.9 Å². The highest BCUT2D eigenvalue weighted by Crippen LogP contribution is 2.35. The number of hydrogen-bond acceptors (Lipinski definition) is 3. The van der Waals surface area contributed by atoms with Crippen molar-refractivity contribution in [2.45, 2.75) is 25.4 Å². The summed E-state index contributed by atoms with van der Waals surface area (Å²) in [4.78, 5) is 14.1. The van der Waals surface area contributed by atoms with Crippen LogP contribution in [0.2, 0.25) is 0 Å². The normalized spacial score (nSPS) is 18.4. The highest BCUT2D eigenvalue weighted by Gasteiger charge is 2.38. The molecule has 3 rings (SSSR count). The molecule has 1 aliphatic carbocycles. The van der Waals surface area contributed by atoms with Crippen molar-refractivity contribution in [3.8, 4) is 5.75 Å². The maximum atomic E-state index is 12.4. The molecule has 1 aromatic carbocycles. The van der Waals surface area contributed by atoms with Crippen LogP contribution in [0, 0.1) is 0 Å². The van der Waals surface area contributed by atoms with E-state index < -0.39 is 0 Å². The Balaban J connectivity index is 1.71. The quantitative estimate of drug-likeness (QED) is 0.895. The van der Waals surface area contributed by atoms with Crippen molar-refractivity contribution in [2.75, 3.05) is 13.2 Å². The van der Waals surface area contributed by atoms with Crippen LogP contribution in [0.25, 0.3) is 0 Å². The van der Waals surface area contributed by atoms with Crippen LogP contribution in [0.1, 0.15) is 28.8 Å². The van der Waals surface area contributed by atoms with E-state index in [4.69, 9.17) is 10.5 Å². The van der Waals surface area contributed by atoms with Gasteiger partial charge in [-0.3, -0.25) is 4.79 Å². The number of ether oxygens (including phenoxy) is 1. The molecule has 0 saturated heterocycles. The molecule has 2 aliphatic rings. The third-order valence-corrected chi connectivity index (χ3v) is 3.74. The summed E-state index contributed by atoms with van der Waals surface area (Å²) in [5.41, 5.74) is 7.52. The van der Waals surface area contributed by atoms with E-state index in [0.29, 0.717) is 30.2 Å². The third-order valence-electron chi connectivity index (χ3n) is 3.74. The summed E-state index contributed by atoms with van der Waals surface area (Å²) in [5, 5.41) is 0. The summed E-state index contributed by atoms with van der Waals surface area (Å²) in [6, 6.07) is 5.82. The minimum Gasteiger partial charge on any atom is -0.489 e. The number of nitrogens with zero attached hydrogens (tertiary/aromatic N) is 1. The lowest BCUT2D eigenvalue weighted by Gasteiger charge is -2.13. The number of hydrogen-bond donors (Lipinski definition) is 1. The van der Waals surface area contributed by atoms with Gasteiger partial charge in [-0.1, -0.05) is 0 Å². The Morgan fingerprint density at radius 1 is 1.50 bits per heavy atom. The molecular weight excluding hydrogens is 259 g/mol. The van der Waals surface area contributed by atoms with Crippen LogP contribution in [0.3, 0.4) is 0 Å². The Bertz CT molecular complexity index is 567. The van der Waals surface area contributed by atoms with Gasteiger partial charge in [0.2, 0.25) is 0 Å². The fourth-order valence-electron chi connectivity index (χ4n) is 2.40. The topological polar surface area (TPSA) is 55.6 Å². The smallest absolute Gasteiger partial charge is 0.254 e. The van der Waals surface area contributed by atoms with E-state index in [9.17, 15) is 9.18 Å². The molecule has 0 unspecified atom stereocenters. The third kappa shape index (κ3) is 2.41. The Morgan fingerprint density at radius 3 is 2.95 bits per heavy atom. The number of fused-ring (bicyclic) bond motifs is 1. The molecular formula is C15H17FN2O2. The Labute approximate surface area is 117 Å². The first kappa shape index (κ1) is 13.1. The molecule has 1 aliphatic heterocycles. The Hall–Kier alpha value is -1.88. The average Bonchev–Trinajstić information content (AvgIpc) is 3.25. The van der Waals surface area contributed by atoms with E-state index in [1.807, 2.05) is 11.0 Å². The fraction of sp³-hybridized carbons (Fsp3) is 0.400. The Kier molecular flexibility index (Phi) is 3.44. The molecule has 1 amide bonds.